The Kier molecular flexibility index (Phi) is 9.14. The van der Waals surface area contributed by atoms with Crippen molar-refractivity contribution in [2.75, 3.05) is 19.7 Å². The van der Waals surface area contributed by atoms with Crippen molar-refractivity contribution in [2.45, 2.75) is 50.7 Å². The van der Waals surface area contributed by atoms with Gasteiger partial charge in [-0.3, -0.25) is 4.79 Å². The molecule has 0 aromatic heterocycles. The third-order valence-electron chi connectivity index (χ3n) is 6.95. The molecule has 0 unspecified atom stereocenters. The Hall–Kier alpha value is -3.26. The van der Waals surface area contributed by atoms with E-state index in [-0.39, 0.29) is 19.0 Å². The smallest absolute Gasteiger partial charge is 0.416 e. The van der Waals surface area contributed by atoms with Crippen LogP contribution in [0.2, 0.25) is 0 Å². The number of alkyl halides is 3. The van der Waals surface area contributed by atoms with E-state index in [9.17, 15) is 45.1 Å². The number of piperidine rings is 1. The van der Waals surface area contributed by atoms with Crippen molar-refractivity contribution < 1.29 is 49.8 Å². The number of hydrogen-bond donors (Lipinski definition) is 2. The van der Waals surface area contributed by atoms with E-state index in [1.807, 2.05) is 0 Å². The minimum absolute atomic E-state index is 0.152. The summed E-state index contributed by atoms with van der Waals surface area (Å²) in [6, 6.07) is 2.53. The van der Waals surface area contributed by atoms with Crippen molar-refractivity contribution in [2.24, 2.45) is 11.3 Å². The van der Waals surface area contributed by atoms with Gasteiger partial charge in [-0.05, 0) is 75.9 Å². The summed E-state index contributed by atoms with van der Waals surface area (Å²) in [5.74, 6) is -3.21. The van der Waals surface area contributed by atoms with Crippen molar-refractivity contribution in [3.05, 3.63) is 53.6 Å². The van der Waals surface area contributed by atoms with E-state index in [0.29, 0.717) is 43.2 Å². The molecule has 0 radical (unpaired) electrons. The molecule has 2 aromatic rings. The zero-order valence-corrected chi connectivity index (χ0v) is 22.7. The molecule has 220 valence electrons. The van der Waals surface area contributed by atoms with Crippen LogP contribution in [0.25, 0.3) is 11.1 Å². The molecule has 0 spiro atoms. The molecule has 1 heterocycles. The summed E-state index contributed by atoms with van der Waals surface area (Å²) in [5, 5.41) is 9.40. The molecular weight excluding hydrogens is 563 g/mol. The number of carbonyl (C=O) groups excluding carboxylic acids is 1. The third kappa shape index (κ3) is 7.08. The number of halogens is 5. The maximum atomic E-state index is 14.5. The molecule has 1 atom stereocenters. The molecule has 8 nitrogen and oxygen atoms in total. The van der Waals surface area contributed by atoms with E-state index in [2.05, 4.69) is 4.72 Å². The van der Waals surface area contributed by atoms with Crippen LogP contribution < -0.4 is 4.72 Å². The van der Waals surface area contributed by atoms with Gasteiger partial charge in [0.25, 0.3) is 0 Å². The molecule has 0 aliphatic carbocycles. The Morgan fingerprint density at radius 1 is 1.07 bits per heavy atom. The van der Waals surface area contributed by atoms with Crippen LogP contribution in [0.1, 0.15) is 39.2 Å². The van der Waals surface area contributed by atoms with E-state index in [1.165, 1.54) is 11.8 Å². The van der Waals surface area contributed by atoms with Crippen molar-refractivity contribution in [3.63, 3.8) is 0 Å². The molecular formula is C26H29F5N2O6S. The first-order valence-corrected chi connectivity index (χ1v) is 13.8. The molecule has 1 aliphatic rings. The number of carboxylic acids is 1. The fourth-order valence-electron chi connectivity index (χ4n) is 4.46. The summed E-state index contributed by atoms with van der Waals surface area (Å²) in [5.41, 5.74) is -3.60. The number of nitrogens with one attached hydrogen (secondary N) is 1. The van der Waals surface area contributed by atoms with Gasteiger partial charge in [0.15, 0.2) is 0 Å². The number of aliphatic carboxylic acids is 1. The third-order valence-corrected chi connectivity index (χ3v) is 8.60. The summed E-state index contributed by atoms with van der Waals surface area (Å²) in [4.78, 5) is 24.6. The fourth-order valence-corrected chi connectivity index (χ4v) is 5.89. The number of rotatable bonds is 8. The normalized spacial score (nSPS) is 16.1. The Balaban J connectivity index is 1.72. The topological polar surface area (TPSA) is 113 Å². The van der Waals surface area contributed by atoms with Crippen molar-refractivity contribution in [3.8, 4) is 11.1 Å². The molecule has 1 saturated heterocycles. The largest absolute Gasteiger partial charge is 0.481 e. The van der Waals surface area contributed by atoms with Gasteiger partial charge in [0.05, 0.1) is 21.9 Å². The summed E-state index contributed by atoms with van der Waals surface area (Å²) in [6.07, 6.45) is -4.75. The standard InChI is InChI=1S/C26H29F5N2O6S/c1-15(14-39-24(36)33-10-8-16(9-11-33)25(2,3)23(34)35)32-40(37,38)22-7-4-17(26(29,30)31)12-20(22)19-13-18(27)5-6-21(19)28/h4-7,12-13,15-16,32H,8-11,14H2,1-3H3,(H,34,35)/t15-/m1/s1. The Morgan fingerprint density at radius 2 is 1.70 bits per heavy atom. The van der Waals surface area contributed by atoms with Gasteiger partial charge >= 0.3 is 18.2 Å². The van der Waals surface area contributed by atoms with Crippen molar-refractivity contribution in [1.82, 2.24) is 9.62 Å². The van der Waals surface area contributed by atoms with Crippen LogP contribution in [0.4, 0.5) is 26.7 Å². The Morgan fingerprint density at radius 3 is 2.27 bits per heavy atom. The average molecular weight is 593 g/mol. The number of benzene rings is 2. The number of carboxylic acid groups (broad SMARTS) is 1. The van der Waals surface area contributed by atoms with Gasteiger partial charge in [-0.25, -0.2) is 26.7 Å². The van der Waals surface area contributed by atoms with Gasteiger partial charge in [-0.2, -0.15) is 13.2 Å². The predicted molar refractivity (Wildman–Crippen MR) is 134 cm³/mol. The molecule has 40 heavy (non-hydrogen) atoms. The summed E-state index contributed by atoms with van der Waals surface area (Å²) < 4.78 is 102. The maximum absolute atomic E-state index is 14.5. The van der Waals surface area contributed by atoms with Gasteiger partial charge in [0.1, 0.15) is 18.2 Å². The highest BCUT2D eigenvalue weighted by molar-refractivity contribution is 7.89. The average Bonchev–Trinajstić information content (AvgIpc) is 2.87. The zero-order chi connectivity index (χ0) is 30.0. The van der Waals surface area contributed by atoms with Gasteiger partial charge in [0, 0.05) is 24.2 Å². The van der Waals surface area contributed by atoms with Gasteiger partial charge in [-0.1, -0.05) is 0 Å². The molecule has 1 fully saturated rings. The highest BCUT2D eigenvalue weighted by atomic mass is 32.2. The van der Waals surface area contributed by atoms with Crippen molar-refractivity contribution >= 4 is 22.1 Å². The maximum Gasteiger partial charge on any atom is 0.416 e. The quantitative estimate of drug-likeness (QED) is 0.404. The molecule has 2 aromatic carbocycles. The number of sulfonamides is 1. The van der Waals surface area contributed by atoms with Crippen LogP contribution in [-0.4, -0.2) is 56.2 Å². The lowest BCUT2D eigenvalue weighted by Gasteiger charge is -2.37. The molecule has 0 bridgehead atoms. The summed E-state index contributed by atoms with van der Waals surface area (Å²) >= 11 is 0. The molecule has 0 saturated carbocycles. The van der Waals surface area contributed by atoms with E-state index in [0.717, 1.165) is 6.07 Å². The van der Waals surface area contributed by atoms with Crippen LogP contribution in [-0.2, 0) is 25.7 Å². The molecule has 2 N–H and O–H groups in total. The SMILES string of the molecule is C[C@H](COC(=O)N1CCC(C(C)(C)C(=O)O)CC1)NS(=O)(=O)c1ccc(C(F)(F)F)cc1-c1cc(F)ccc1F. The van der Waals surface area contributed by atoms with Crippen molar-refractivity contribution in [1.29, 1.82) is 0 Å². The lowest BCUT2D eigenvalue weighted by molar-refractivity contribution is -0.151. The number of likely N-dealkylation sites (tertiary alicyclic amines) is 1. The van der Waals surface area contributed by atoms with Gasteiger partial charge < -0.3 is 14.7 Å². The second-order valence-corrected chi connectivity index (χ2v) is 11.9. The minimum Gasteiger partial charge on any atom is -0.481 e. The number of nitrogens with zero attached hydrogens (tertiary/aromatic N) is 1. The number of amides is 1. The Labute approximate surface area is 228 Å². The second kappa shape index (κ2) is 11.7. The predicted octanol–water partition coefficient (Wildman–Crippen LogP) is 5.28. The van der Waals surface area contributed by atoms with Gasteiger partial charge in [0.2, 0.25) is 10.0 Å². The van der Waals surface area contributed by atoms with Crippen LogP contribution >= 0.6 is 0 Å². The summed E-state index contributed by atoms with van der Waals surface area (Å²) in [7, 11) is -4.60. The lowest BCUT2D eigenvalue weighted by Crippen LogP contribution is -2.45. The highest BCUT2D eigenvalue weighted by Gasteiger charge is 2.39. The van der Waals surface area contributed by atoms with Gasteiger partial charge in [-0.15, -0.1) is 0 Å². The molecule has 14 heteroatoms. The van der Waals surface area contributed by atoms with Crippen LogP contribution in [0, 0.1) is 23.0 Å². The highest BCUT2D eigenvalue weighted by Crippen LogP contribution is 2.37. The first-order chi connectivity index (χ1) is 18.4. The lowest BCUT2D eigenvalue weighted by atomic mass is 9.74. The van der Waals surface area contributed by atoms with E-state index in [4.69, 9.17) is 4.74 Å². The first kappa shape index (κ1) is 31.3. The molecule has 3 rings (SSSR count). The monoisotopic (exact) mass is 592 g/mol. The van der Waals surface area contributed by atoms with E-state index < -0.39 is 79.5 Å². The number of hydrogen-bond acceptors (Lipinski definition) is 5. The van der Waals surface area contributed by atoms with Crippen LogP contribution in [0.3, 0.4) is 0 Å². The second-order valence-electron chi connectivity index (χ2n) is 10.2. The van der Waals surface area contributed by atoms with Crippen LogP contribution in [0.5, 0.6) is 0 Å². The molecule has 1 amide bonds. The van der Waals surface area contributed by atoms with E-state index >= 15 is 0 Å². The fraction of sp³-hybridized carbons (Fsp3) is 0.462. The zero-order valence-electron chi connectivity index (χ0n) is 21.9. The van der Waals surface area contributed by atoms with Crippen LogP contribution in [0.15, 0.2) is 41.3 Å². The van der Waals surface area contributed by atoms with E-state index in [1.54, 1.807) is 13.8 Å². The minimum atomic E-state index is -4.88. The number of ether oxygens (including phenoxy) is 1. The first-order valence-electron chi connectivity index (χ1n) is 12.3. The molecule has 1 aliphatic heterocycles. The Bertz CT molecular complexity index is 1370. The summed E-state index contributed by atoms with van der Waals surface area (Å²) in [6.45, 7) is 4.63. The number of carbonyl (C=O) groups is 2.